The first-order chi connectivity index (χ1) is 10.1. The smallest absolute Gasteiger partial charge is 0.230 e. The van der Waals surface area contributed by atoms with Gasteiger partial charge in [0.05, 0.1) is 5.41 Å². The normalized spacial score (nSPS) is 15.5. The third-order valence-corrected chi connectivity index (χ3v) is 4.41. The van der Waals surface area contributed by atoms with Crippen molar-refractivity contribution in [3.8, 4) is 0 Å². The number of carbonyl (C=O) groups is 1. The molecule has 21 heavy (non-hydrogen) atoms. The van der Waals surface area contributed by atoms with Crippen molar-refractivity contribution in [2.75, 3.05) is 0 Å². The van der Waals surface area contributed by atoms with Gasteiger partial charge < -0.3 is 5.32 Å². The molecule has 0 aliphatic heterocycles. The van der Waals surface area contributed by atoms with Gasteiger partial charge in [-0.3, -0.25) is 4.79 Å². The van der Waals surface area contributed by atoms with Gasteiger partial charge in [0.1, 0.15) is 0 Å². The molecule has 2 aromatic carbocycles. The zero-order valence-corrected chi connectivity index (χ0v) is 12.8. The lowest BCUT2D eigenvalue weighted by Crippen LogP contribution is -2.34. The molecule has 0 spiro atoms. The van der Waals surface area contributed by atoms with Crippen LogP contribution in [0.1, 0.15) is 29.5 Å². The molecule has 0 unspecified atom stereocenters. The van der Waals surface area contributed by atoms with Crippen LogP contribution in [0.4, 0.5) is 0 Å². The van der Waals surface area contributed by atoms with E-state index in [0.29, 0.717) is 11.6 Å². The number of hydrogen-bond donors (Lipinski definition) is 1. The van der Waals surface area contributed by atoms with Gasteiger partial charge in [-0.2, -0.15) is 0 Å². The number of halogens is 1. The highest BCUT2D eigenvalue weighted by molar-refractivity contribution is 6.30. The fourth-order valence-electron chi connectivity index (χ4n) is 2.60. The zero-order valence-electron chi connectivity index (χ0n) is 12.0. The summed E-state index contributed by atoms with van der Waals surface area (Å²) >= 11 is 5.92. The van der Waals surface area contributed by atoms with E-state index >= 15 is 0 Å². The van der Waals surface area contributed by atoms with E-state index in [1.165, 1.54) is 5.56 Å². The number of hydrogen-bond acceptors (Lipinski definition) is 1. The number of amides is 1. The number of aryl methyl sites for hydroxylation is 1. The second-order valence-corrected chi connectivity index (χ2v) is 6.19. The van der Waals surface area contributed by atoms with E-state index in [0.717, 1.165) is 24.0 Å². The molecule has 0 heterocycles. The van der Waals surface area contributed by atoms with Crippen molar-refractivity contribution in [3.05, 3.63) is 70.2 Å². The highest BCUT2D eigenvalue weighted by Crippen LogP contribution is 2.48. The molecule has 1 amide bonds. The van der Waals surface area contributed by atoms with Crippen LogP contribution in [0.25, 0.3) is 0 Å². The summed E-state index contributed by atoms with van der Waals surface area (Å²) in [7, 11) is 0. The number of benzene rings is 2. The van der Waals surface area contributed by atoms with E-state index in [9.17, 15) is 4.79 Å². The average Bonchev–Trinajstić information content (AvgIpc) is 3.29. The Morgan fingerprint density at radius 3 is 2.29 bits per heavy atom. The minimum atomic E-state index is -0.338. The van der Waals surface area contributed by atoms with Crippen LogP contribution in [0.3, 0.4) is 0 Å². The predicted molar refractivity (Wildman–Crippen MR) is 85.4 cm³/mol. The van der Waals surface area contributed by atoms with Crippen molar-refractivity contribution in [3.63, 3.8) is 0 Å². The van der Waals surface area contributed by atoms with Gasteiger partial charge in [-0.05, 0) is 43.0 Å². The first-order valence-corrected chi connectivity index (χ1v) is 7.58. The van der Waals surface area contributed by atoms with Crippen molar-refractivity contribution in [2.24, 2.45) is 0 Å². The molecule has 1 saturated carbocycles. The van der Waals surface area contributed by atoms with Crippen LogP contribution in [0.5, 0.6) is 0 Å². The van der Waals surface area contributed by atoms with Gasteiger partial charge in [0.15, 0.2) is 0 Å². The summed E-state index contributed by atoms with van der Waals surface area (Å²) in [6.07, 6.45) is 1.82. The molecule has 0 aromatic heterocycles. The van der Waals surface area contributed by atoms with Crippen LogP contribution in [0, 0.1) is 6.92 Å². The fraction of sp³-hybridized carbons (Fsp3) is 0.278. The number of carbonyl (C=O) groups excluding carboxylic acids is 1. The maximum atomic E-state index is 12.5. The van der Waals surface area contributed by atoms with E-state index in [-0.39, 0.29) is 11.3 Å². The molecule has 0 bridgehead atoms. The lowest BCUT2D eigenvalue weighted by molar-refractivity contribution is -0.123. The topological polar surface area (TPSA) is 29.1 Å². The predicted octanol–water partition coefficient (Wildman–Crippen LogP) is 4.00. The molecule has 0 radical (unpaired) electrons. The minimum Gasteiger partial charge on any atom is -0.351 e. The van der Waals surface area contributed by atoms with Gasteiger partial charge >= 0.3 is 0 Å². The van der Waals surface area contributed by atoms with E-state index in [1.54, 1.807) is 0 Å². The lowest BCUT2D eigenvalue weighted by atomic mass is 9.95. The van der Waals surface area contributed by atoms with Gasteiger partial charge in [-0.25, -0.2) is 0 Å². The summed E-state index contributed by atoms with van der Waals surface area (Å²) in [4.78, 5) is 12.5. The fourth-order valence-corrected chi connectivity index (χ4v) is 2.72. The second-order valence-electron chi connectivity index (χ2n) is 5.76. The van der Waals surface area contributed by atoms with Crippen LogP contribution in [0.2, 0.25) is 5.02 Å². The first-order valence-electron chi connectivity index (χ1n) is 7.20. The molecule has 0 saturated heterocycles. The van der Waals surface area contributed by atoms with Crippen LogP contribution >= 0.6 is 11.6 Å². The highest BCUT2D eigenvalue weighted by atomic mass is 35.5. The molecule has 1 fully saturated rings. The van der Waals surface area contributed by atoms with Crippen molar-refractivity contribution in [1.82, 2.24) is 5.32 Å². The van der Waals surface area contributed by atoms with Crippen molar-refractivity contribution < 1.29 is 4.79 Å². The molecule has 1 aliphatic carbocycles. The highest BCUT2D eigenvalue weighted by Gasteiger charge is 2.50. The Labute approximate surface area is 130 Å². The maximum Gasteiger partial charge on any atom is 0.230 e. The summed E-state index contributed by atoms with van der Waals surface area (Å²) in [6, 6.07) is 15.9. The molecule has 1 aliphatic rings. The Kier molecular flexibility index (Phi) is 3.73. The molecule has 108 valence electrons. The van der Waals surface area contributed by atoms with Crippen molar-refractivity contribution in [1.29, 1.82) is 0 Å². The summed E-state index contributed by atoms with van der Waals surface area (Å²) in [5, 5.41) is 3.77. The summed E-state index contributed by atoms with van der Waals surface area (Å²) in [6.45, 7) is 2.64. The standard InChI is InChI=1S/C18H18ClNO/c1-13-2-4-14(5-3-13)12-20-17(21)18(10-11-18)15-6-8-16(19)9-7-15/h2-9H,10-12H2,1H3,(H,20,21). The lowest BCUT2D eigenvalue weighted by Gasteiger charge is -2.16. The molecular formula is C18H18ClNO. The van der Waals surface area contributed by atoms with Gasteiger partial charge in [0.2, 0.25) is 5.91 Å². The third kappa shape index (κ3) is 2.96. The first kappa shape index (κ1) is 14.2. The summed E-state index contributed by atoms with van der Waals surface area (Å²) in [5.41, 5.74) is 3.08. The molecule has 2 aromatic rings. The van der Waals surface area contributed by atoms with Crippen LogP contribution < -0.4 is 5.32 Å². The van der Waals surface area contributed by atoms with E-state index in [1.807, 2.05) is 24.3 Å². The minimum absolute atomic E-state index is 0.116. The number of nitrogens with one attached hydrogen (secondary N) is 1. The monoisotopic (exact) mass is 299 g/mol. The quantitative estimate of drug-likeness (QED) is 0.908. The van der Waals surface area contributed by atoms with E-state index in [2.05, 4.69) is 36.5 Å². The zero-order chi connectivity index (χ0) is 14.9. The van der Waals surface area contributed by atoms with Crippen LogP contribution in [0.15, 0.2) is 48.5 Å². The Balaban J connectivity index is 1.67. The Morgan fingerprint density at radius 2 is 1.71 bits per heavy atom. The SMILES string of the molecule is Cc1ccc(CNC(=O)C2(c3ccc(Cl)cc3)CC2)cc1. The molecular weight excluding hydrogens is 282 g/mol. The maximum absolute atomic E-state index is 12.5. The molecule has 2 nitrogen and oxygen atoms in total. The van der Waals surface area contributed by atoms with Crippen LogP contribution in [-0.2, 0) is 16.8 Å². The number of rotatable bonds is 4. The Bertz CT molecular complexity index is 642. The van der Waals surface area contributed by atoms with Crippen molar-refractivity contribution in [2.45, 2.75) is 31.7 Å². The molecule has 1 N–H and O–H groups in total. The van der Waals surface area contributed by atoms with Gasteiger partial charge in [-0.1, -0.05) is 53.6 Å². The average molecular weight is 300 g/mol. The molecule has 3 heteroatoms. The van der Waals surface area contributed by atoms with Gasteiger partial charge in [0, 0.05) is 11.6 Å². The summed E-state index contributed by atoms with van der Waals surface area (Å²) in [5.74, 6) is 0.116. The Hall–Kier alpha value is -1.80. The van der Waals surface area contributed by atoms with Gasteiger partial charge in [-0.15, -0.1) is 0 Å². The van der Waals surface area contributed by atoms with Crippen LogP contribution in [-0.4, -0.2) is 5.91 Å². The van der Waals surface area contributed by atoms with Gasteiger partial charge in [0.25, 0.3) is 0 Å². The molecule has 3 rings (SSSR count). The Morgan fingerprint density at radius 1 is 1.10 bits per heavy atom. The largest absolute Gasteiger partial charge is 0.351 e. The molecule has 0 atom stereocenters. The second kappa shape index (κ2) is 5.53. The van der Waals surface area contributed by atoms with E-state index in [4.69, 9.17) is 11.6 Å². The van der Waals surface area contributed by atoms with Crippen molar-refractivity contribution >= 4 is 17.5 Å². The van der Waals surface area contributed by atoms with E-state index < -0.39 is 0 Å². The third-order valence-electron chi connectivity index (χ3n) is 4.16. The summed E-state index contributed by atoms with van der Waals surface area (Å²) < 4.78 is 0.